The lowest BCUT2D eigenvalue weighted by molar-refractivity contribution is -0.141. The number of nitrogens with one attached hydrogen (secondary N) is 1. The number of thioether (sulfide) groups is 1. The molecule has 0 fully saturated rings. The lowest BCUT2D eigenvalue weighted by Gasteiger charge is -2.32. The Kier molecular flexibility index (Phi) is 10.9. The molecule has 0 aliphatic carbocycles. The average Bonchev–Trinajstić information content (AvgIpc) is 2.86. The third-order valence-electron chi connectivity index (χ3n) is 5.79. The van der Waals surface area contributed by atoms with Crippen LogP contribution in [0.5, 0.6) is 0 Å². The predicted octanol–water partition coefficient (Wildman–Crippen LogP) is 6.69. The Labute approximate surface area is 224 Å². The second-order valence-electron chi connectivity index (χ2n) is 9.28. The van der Waals surface area contributed by atoms with Crippen molar-refractivity contribution in [2.24, 2.45) is 0 Å². The molecular weight excluding hydrogens is 488 g/mol. The summed E-state index contributed by atoms with van der Waals surface area (Å²) < 4.78 is 0. The van der Waals surface area contributed by atoms with Gasteiger partial charge in [-0.05, 0) is 68.3 Å². The van der Waals surface area contributed by atoms with Gasteiger partial charge in [-0.3, -0.25) is 9.59 Å². The van der Waals surface area contributed by atoms with Crippen LogP contribution in [-0.4, -0.2) is 34.6 Å². The molecule has 6 heteroatoms. The first kappa shape index (κ1) is 27.8. The van der Waals surface area contributed by atoms with Crippen LogP contribution in [0.4, 0.5) is 0 Å². The molecule has 0 spiro atoms. The highest BCUT2D eigenvalue weighted by Crippen LogP contribution is 2.22. The molecule has 3 rings (SSSR count). The lowest BCUT2D eigenvalue weighted by Crippen LogP contribution is -2.51. The fraction of sp³-hybridized carbons (Fsp3) is 0.333. The van der Waals surface area contributed by atoms with Gasteiger partial charge < -0.3 is 10.2 Å². The van der Waals surface area contributed by atoms with Gasteiger partial charge in [-0.1, -0.05) is 71.8 Å². The molecule has 1 atom stereocenters. The summed E-state index contributed by atoms with van der Waals surface area (Å²) in [5.41, 5.74) is 3.20. The first-order valence-corrected chi connectivity index (χ1v) is 13.8. The summed E-state index contributed by atoms with van der Waals surface area (Å²) in [6.45, 7) is 6.32. The number of benzene rings is 3. The molecule has 1 N–H and O–H groups in total. The number of amides is 2. The first-order valence-electron chi connectivity index (χ1n) is 12.4. The highest BCUT2D eigenvalue weighted by molar-refractivity contribution is 7.99. The molecular formula is C30H35ClN2O2S. The van der Waals surface area contributed by atoms with Crippen LogP contribution >= 0.6 is 23.4 Å². The Morgan fingerprint density at radius 3 is 2.22 bits per heavy atom. The Morgan fingerprint density at radius 2 is 1.58 bits per heavy atom. The first-order chi connectivity index (χ1) is 17.3. The van der Waals surface area contributed by atoms with E-state index < -0.39 is 6.04 Å². The Hall–Kier alpha value is -2.76. The fourth-order valence-electron chi connectivity index (χ4n) is 3.91. The third kappa shape index (κ3) is 9.03. The van der Waals surface area contributed by atoms with Crippen LogP contribution in [0.1, 0.15) is 43.4 Å². The van der Waals surface area contributed by atoms with Crippen molar-refractivity contribution >= 4 is 35.2 Å². The summed E-state index contributed by atoms with van der Waals surface area (Å²) in [6, 6.07) is 25.2. The number of carbonyl (C=O) groups is 2. The number of carbonyl (C=O) groups excluding carboxylic acids is 2. The van der Waals surface area contributed by atoms with Crippen molar-refractivity contribution in [2.75, 3.05) is 5.75 Å². The van der Waals surface area contributed by atoms with Crippen LogP contribution in [0, 0.1) is 6.92 Å². The summed E-state index contributed by atoms with van der Waals surface area (Å²) in [4.78, 5) is 29.9. The molecule has 0 heterocycles. The number of aryl methyl sites for hydroxylation is 1. The van der Waals surface area contributed by atoms with Crippen molar-refractivity contribution in [3.8, 4) is 0 Å². The lowest BCUT2D eigenvalue weighted by atomic mass is 10.0. The topological polar surface area (TPSA) is 49.4 Å². The third-order valence-corrected chi connectivity index (χ3v) is 7.14. The second kappa shape index (κ2) is 14.1. The molecule has 3 aromatic carbocycles. The zero-order valence-electron chi connectivity index (χ0n) is 21.2. The van der Waals surface area contributed by atoms with Crippen LogP contribution in [-0.2, 0) is 22.6 Å². The van der Waals surface area contributed by atoms with Gasteiger partial charge in [-0.2, -0.15) is 0 Å². The summed E-state index contributed by atoms with van der Waals surface area (Å²) in [5, 5.41) is 3.75. The number of hydrogen-bond donors (Lipinski definition) is 1. The van der Waals surface area contributed by atoms with Gasteiger partial charge in [-0.25, -0.2) is 0 Å². The quantitative estimate of drug-likeness (QED) is 0.213. The van der Waals surface area contributed by atoms with Crippen LogP contribution in [0.15, 0.2) is 83.8 Å². The smallest absolute Gasteiger partial charge is 0.243 e. The molecule has 0 unspecified atom stereocenters. The Bertz CT molecular complexity index is 1100. The van der Waals surface area contributed by atoms with Crippen molar-refractivity contribution in [1.29, 1.82) is 0 Å². The van der Waals surface area contributed by atoms with Crippen molar-refractivity contribution in [3.05, 3.63) is 101 Å². The molecule has 2 amide bonds. The molecule has 0 radical (unpaired) electrons. The SMILES string of the molecule is Cc1ccc(CN(C(=O)CCCSc2ccc(Cl)cc2)[C@H](Cc2ccccc2)C(=O)NC(C)C)cc1. The average molecular weight is 523 g/mol. The van der Waals surface area contributed by atoms with Gasteiger partial charge in [0.05, 0.1) is 0 Å². The minimum absolute atomic E-state index is 0.00730. The van der Waals surface area contributed by atoms with Gasteiger partial charge in [-0.15, -0.1) is 11.8 Å². The molecule has 0 aliphatic heterocycles. The van der Waals surface area contributed by atoms with Crippen LogP contribution in [0.2, 0.25) is 5.02 Å². The second-order valence-corrected chi connectivity index (χ2v) is 10.9. The zero-order valence-corrected chi connectivity index (χ0v) is 22.8. The van der Waals surface area contributed by atoms with Crippen molar-refractivity contribution < 1.29 is 9.59 Å². The largest absolute Gasteiger partial charge is 0.352 e. The maximum Gasteiger partial charge on any atom is 0.243 e. The molecule has 4 nitrogen and oxygen atoms in total. The fourth-order valence-corrected chi connectivity index (χ4v) is 4.89. The molecule has 0 saturated heterocycles. The number of nitrogens with zero attached hydrogens (tertiary/aromatic N) is 1. The van der Waals surface area contributed by atoms with Crippen LogP contribution in [0.3, 0.4) is 0 Å². The van der Waals surface area contributed by atoms with E-state index in [0.717, 1.165) is 33.8 Å². The minimum Gasteiger partial charge on any atom is -0.352 e. The van der Waals surface area contributed by atoms with E-state index in [1.807, 2.05) is 99.6 Å². The van der Waals surface area contributed by atoms with E-state index in [0.29, 0.717) is 24.4 Å². The number of halogens is 1. The van der Waals surface area contributed by atoms with Crippen molar-refractivity contribution in [1.82, 2.24) is 10.2 Å². The maximum atomic E-state index is 13.6. The van der Waals surface area contributed by atoms with E-state index in [1.165, 1.54) is 0 Å². The van der Waals surface area contributed by atoms with Gasteiger partial charge in [0, 0.05) is 35.3 Å². The monoisotopic (exact) mass is 522 g/mol. The van der Waals surface area contributed by atoms with E-state index in [-0.39, 0.29) is 17.9 Å². The summed E-state index contributed by atoms with van der Waals surface area (Å²) in [7, 11) is 0. The van der Waals surface area contributed by atoms with Gasteiger partial charge in [0.2, 0.25) is 11.8 Å². The number of hydrogen-bond acceptors (Lipinski definition) is 3. The van der Waals surface area contributed by atoms with E-state index in [2.05, 4.69) is 5.32 Å². The molecule has 0 bridgehead atoms. The van der Waals surface area contributed by atoms with E-state index in [4.69, 9.17) is 11.6 Å². The van der Waals surface area contributed by atoms with E-state index in [1.54, 1.807) is 16.7 Å². The van der Waals surface area contributed by atoms with Crippen LogP contribution < -0.4 is 5.32 Å². The maximum absolute atomic E-state index is 13.6. The standard InChI is InChI=1S/C30H35ClN2O2S/c1-22(2)32-30(35)28(20-24-8-5-4-6-9-24)33(21-25-13-11-23(3)12-14-25)29(34)10-7-19-36-27-17-15-26(31)16-18-27/h4-6,8-9,11-18,22,28H,7,10,19-21H2,1-3H3,(H,32,35)/t28-/m1/s1. The van der Waals surface area contributed by atoms with Gasteiger partial charge in [0.1, 0.15) is 6.04 Å². The van der Waals surface area contributed by atoms with E-state index in [9.17, 15) is 9.59 Å². The Morgan fingerprint density at radius 1 is 0.917 bits per heavy atom. The molecule has 0 aromatic heterocycles. The summed E-state index contributed by atoms with van der Waals surface area (Å²) in [5.74, 6) is 0.685. The van der Waals surface area contributed by atoms with Crippen molar-refractivity contribution in [3.63, 3.8) is 0 Å². The minimum atomic E-state index is -0.590. The van der Waals surface area contributed by atoms with Crippen molar-refractivity contribution in [2.45, 2.75) is 63.6 Å². The highest BCUT2D eigenvalue weighted by Gasteiger charge is 2.30. The summed E-state index contributed by atoms with van der Waals surface area (Å²) >= 11 is 7.68. The molecule has 0 saturated carbocycles. The van der Waals surface area contributed by atoms with Crippen LogP contribution in [0.25, 0.3) is 0 Å². The zero-order chi connectivity index (χ0) is 25.9. The predicted molar refractivity (Wildman–Crippen MR) is 150 cm³/mol. The molecule has 36 heavy (non-hydrogen) atoms. The van der Waals surface area contributed by atoms with Gasteiger partial charge in [0.25, 0.3) is 0 Å². The van der Waals surface area contributed by atoms with Gasteiger partial charge >= 0.3 is 0 Å². The Balaban J connectivity index is 1.77. The normalized spacial score (nSPS) is 11.8. The van der Waals surface area contributed by atoms with Gasteiger partial charge in [0.15, 0.2) is 0 Å². The summed E-state index contributed by atoms with van der Waals surface area (Å²) in [6.07, 6.45) is 1.57. The molecule has 190 valence electrons. The highest BCUT2D eigenvalue weighted by atomic mass is 35.5. The number of rotatable bonds is 12. The molecule has 3 aromatic rings. The molecule has 0 aliphatic rings. The van der Waals surface area contributed by atoms with E-state index >= 15 is 0 Å².